The summed E-state index contributed by atoms with van der Waals surface area (Å²) < 4.78 is 0. The van der Waals surface area contributed by atoms with Crippen molar-refractivity contribution in [3.8, 4) is 0 Å². The van der Waals surface area contributed by atoms with Crippen LogP contribution in [-0.4, -0.2) is 24.1 Å². The number of nitrogens with one attached hydrogen (secondary N) is 1. The molecule has 4 nitrogen and oxygen atoms in total. The molecule has 0 aromatic heterocycles. The predicted molar refractivity (Wildman–Crippen MR) is 104 cm³/mol. The van der Waals surface area contributed by atoms with Crippen LogP contribution in [0.1, 0.15) is 18.4 Å². The van der Waals surface area contributed by atoms with Gasteiger partial charge in [-0.3, -0.25) is 9.59 Å². The molecule has 0 bridgehead atoms. The van der Waals surface area contributed by atoms with Gasteiger partial charge in [-0.25, -0.2) is 0 Å². The van der Waals surface area contributed by atoms with E-state index in [4.69, 9.17) is 11.6 Å². The van der Waals surface area contributed by atoms with Crippen LogP contribution in [0.5, 0.6) is 0 Å². The third-order valence-electron chi connectivity index (χ3n) is 3.93. The third kappa shape index (κ3) is 4.77. The average molecular weight is 375 g/mol. The fraction of sp³-hybridized carbons (Fsp3) is 0.263. The first kappa shape index (κ1) is 17.8. The van der Waals surface area contributed by atoms with Crippen molar-refractivity contribution in [2.75, 3.05) is 22.5 Å². The highest BCUT2D eigenvalue weighted by molar-refractivity contribution is 7.99. The second kappa shape index (κ2) is 8.41. The lowest BCUT2D eigenvalue weighted by Crippen LogP contribution is -2.26. The summed E-state index contributed by atoms with van der Waals surface area (Å²) in [4.78, 5) is 26.0. The first-order chi connectivity index (χ1) is 12.1. The zero-order valence-corrected chi connectivity index (χ0v) is 15.3. The Bertz CT molecular complexity index is 782. The second-order valence-electron chi connectivity index (χ2n) is 5.84. The highest BCUT2D eigenvalue weighted by Crippen LogP contribution is 2.29. The monoisotopic (exact) mass is 374 g/mol. The zero-order chi connectivity index (χ0) is 17.6. The summed E-state index contributed by atoms with van der Waals surface area (Å²) in [6.07, 6.45) is 1.42. The topological polar surface area (TPSA) is 49.4 Å². The number of thioether (sulfide) groups is 1. The summed E-state index contributed by atoms with van der Waals surface area (Å²) in [5.41, 5.74) is 2.55. The molecule has 0 unspecified atom stereocenters. The highest BCUT2D eigenvalue weighted by atomic mass is 35.5. The molecule has 2 amide bonds. The van der Waals surface area contributed by atoms with Gasteiger partial charge in [0, 0.05) is 23.7 Å². The number of carbonyl (C=O) groups is 2. The van der Waals surface area contributed by atoms with E-state index in [1.807, 2.05) is 48.5 Å². The lowest BCUT2D eigenvalue weighted by Gasteiger charge is -2.19. The Morgan fingerprint density at radius 3 is 2.80 bits per heavy atom. The summed E-state index contributed by atoms with van der Waals surface area (Å²) >= 11 is 7.49. The van der Waals surface area contributed by atoms with E-state index in [9.17, 15) is 9.59 Å². The van der Waals surface area contributed by atoms with E-state index in [-0.39, 0.29) is 11.8 Å². The van der Waals surface area contributed by atoms with Crippen LogP contribution in [0.15, 0.2) is 48.5 Å². The molecule has 2 aromatic rings. The maximum absolute atomic E-state index is 12.3. The fourth-order valence-corrected chi connectivity index (χ4v) is 3.78. The molecule has 25 heavy (non-hydrogen) atoms. The summed E-state index contributed by atoms with van der Waals surface area (Å²) in [6.45, 7) is 0.704. The molecule has 0 radical (unpaired) electrons. The van der Waals surface area contributed by atoms with E-state index >= 15 is 0 Å². The molecular formula is C19H19ClN2O2S. The van der Waals surface area contributed by atoms with Gasteiger partial charge in [0.2, 0.25) is 11.8 Å². The van der Waals surface area contributed by atoms with Crippen molar-refractivity contribution in [2.45, 2.75) is 18.6 Å². The average Bonchev–Trinajstić information content (AvgIpc) is 3.01. The SMILES string of the molecule is O=C(CSCc1cccc(Cl)c1)Nc1ccccc1N1CCCC1=O. The van der Waals surface area contributed by atoms with Crippen molar-refractivity contribution in [3.05, 3.63) is 59.1 Å². The van der Waals surface area contributed by atoms with Crippen molar-refractivity contribution in [3.63, 3.8) is 0 Å². The molecule has 1 aliphatic heterocycles. The van der Waals surface area contributed by atoms with Crippen molar-refractivity contribution < 1.29 is 9.59 Å². The van der Waals surface area contributed by atoms with Crippen LogP contribution in [0.3, 0.4) is 0 Å². The zero-order valence-electron chi connectivity index (χ0n) is 13.7. The standard InChI is InChI=1S/C19H19ClN2O2S/c20-15-6-3-5-14(11-15)12-25-13-18(23)21-16-7-1-2-8-17(16)22-10-4-9-19(22)24/h1-3,5-8,11H,4,9-10,12-13H2,(H,21,23). The van der Waals surface area contributed by atoms with Gasteiger partial charge in [-0.2, -0.15) is 0 Å². The van der Waals surface area contributed by atoms with Crippen LogP contribution in [-0.2, 0) is 15.3 Å². The quantitative estimate of drug-likeness (QED) is 0.818. The minimum Gasteiger partial charge on any atom is -0.324 e. The van der Waals surface area contributed by atoms with Crippen LogP contribution in [0.25, 0.3) is 0 Å². The molecule has 1 aliphatic rings. The first-order valence-corrected chi connectivity index (χ1v) is 9.68. The molecule has 0 aliphatic carbocycles. The number of amides is 2. The number of hydrogen-bond donors (Lipinski definition) is 1. The first-order valence-electron chi connectivity index (χ1n) is 8.15. The lowest BCUT2D eigenvalue weighted by molar-refractivity contribution is -0.117. The maximum Gasteiger partial charge on any atom is 0.234 e. The molecule has 0 spiro atoms. The molecule has 1 fully saturated rings. The van der Waals surface area contributed by atoms with Gasteiger partial charge in [-0.05, 0) is 36.2 Å². The van der Waals surface area contributed by atoms with Gasteiger partial charge in [0.1, 0.15) is 0 Å². The van der Waals surface area contributed by atoms with E-state index in [1.165, 1.54) is 11.8 Å². The van der Waals surface area contributed by atoms with Crippen molar-refractivity contribution in [1.82, 2.24) is 0 Å². The molecule has 2 aromatic carbocycles. The molecule has 1 heterocycles. The third-order valence-corrected chi connectivity index (χ3v) is 5.17. The molecular weight excluding hydrogens is 356 g/mol. The van der Waals surface area contributed by atoms with Crippen LogP contribution < -0.4 is 10.2 Å². The van der Waals surface area contributed by atoms with Crippen LogP contribution >= 0.6 is 23.4 Å². The Labute approximate surface area is 156 Å². The van der Waals surface area contributed by atoms with E-state index in [1.54, 1.807) is 4.90 Å². The minimum atomic E-state index is -0.0777. The number of anilines is 2. The molecule has 3 rings (SSSR count). The van der Waals surface area contributed by atoms with Gasteiger partial charge in [0.05, 0.1) is 17.1 Å². The minimum absolute atomic E-state index is 0.0777. The fourth-order valence-electron chi connectivity index (χ4n) is 2.79. The van der Waals surface area contributed by atoms with Crippen LogP contribution in [0, 0.1) is 0 Å². The lowest BCUT2D eigenvalue weighted by atomic mass is 10.2. The Hall–Kier alpha value is -1.98. The number of hydrogen-bond acceptors (Lipinski definition) is 3. The molecule has 1 N–H and O–H groups in total. The van der Waals surface area contributed by atoms with Gasteiger partial charge < -0.3 is 10.2 Å². The van der Waals surface area contributed by atoms with E-state index < -0.39 is 0 Å². The Morgan fingerprint density at radius 1 is 1.20 bits per heavy atom. The maximum atomic E-state index is 12.3. The summed E-state index contributed by atoms with van der Waals surface area (Å²) in [5, 5.41) is 3.63. The Kier molecular flexibility index (Phi) is 6.00. The summed E-state index contributed by atoms with van der Waals surface area (Å²) in [6, 6.07) is 15.1. The molecule has 130 valence electrons. The van der Waals surface area contributed by atoms with E-state index in [0.717, 1.165) is 23.4 Å². The Balaban J connectivity index is 1.57. The normalized spacial score (nSPS) is 14.0. The van der Waals surface area contributed by atoms with Gasteiger partial charge in [-0.15, -0.1) is 11.8 Å². The van der Waals surface area contributed by atoms with Crippen LogP contribution in [0.4, 0.5) is 11.4 Å². The molecule has 0 saturated carbocycles. The van der Waals surface area contributed by atoms with E-state index in [2.05, 4.69) is 5.32 Å². The number of benzene rings is 2. The molecule has 6 heteroatoms. The van der Waals surface area contributed by atoms with Gasteiger partial charge in [0.15, 0.2) is 0 Å². The van der Waals surface area contributed by atoms with Crippen molar-refractivity contribution in [2.24, 2.45) is 0 Å². The number of nitrogens with zero attached hydrogens (tertiary/aromatic N) is 1. The van der Waals surface area contributed by atoms with Gasteiger partial charge in [-0.1, -0.05) is 35.9 Å². The van der Waals surface area contributed by atoms with Crippen molar-refractivity contribution >= 4 is 46.6 Å². The number of para-hydroxylation sites is 2. The largest absolute Gasteiger partial charge is 0.324 e. The second-order valence-corrected chi connectivity index (χ2v) is 7.26. The van der Waals surface area contributed by atoms with Crippen molar-refractivity contribution in [1.29, 1.82) is 0 Å². The smallest absolute Gasteiger partial charge is 0.234 e. The van der Waals surface area contributed by atoms with E-state index in [0.29, 0.717) is 29.4 Å². The number of carbonyl (C=O) groups excluding carboxylic acids is 2. The number of halogens is 1. The number of rotatable bonds is 6. The Morgan fingerprint density at radius 2 is 2.04 bits per heavy atom. The van der Waals surface area contributed by atoms with Gasteiger partial charge >= 0.3 is 0 Å². The highest BCUT2D eigenvalue weighted by Gasteiger charge is 2.24. The molecule has 0 atom stereocenters. The van der Waals surface area contributed by atoms with Crippen LogP contribution in [0.2, 0.25) is 5.02 Å². The molecule has 1 saturated heterocycles. The summed E-state index contributed by atoms with van der Waals surface area (Å²) in [7, 11) is 0. The predicted octanol–water partition coefficient (Wildman–Crippen LogP) is 4.34. The summed E-state index contributed by atoms with van der Waals surface area (Å²) in [5.74, 6) is 1.10. The van der Waals surface area contributed by atoms with Gasteiger partial charge in [0.25, 0.3) is 0 Å².